The van der Waals surface area contributed by atoms with Crippen LogP contribution in [0.2, 0.25) is 5.02 Å². The van der Waals surface area contributed by atoms with Gasteiger partial charge in [0.2, 0.25) is 0 Å². The molecule has 33 heavy (non-hydrogen) atoms. The van der Waals surface area contributed by atoms with Crippen LogP contribution in [-0.4, -0.2) is 22.2 Å². The summed E-state index contributed by atoms with van der Waals surface area (Å²) in [5.41, 5.74) is 1.20. The number of fused-ring (bicyclic) bond motifs is 1. The van der Waals surface area contributed by atoms with E-state index in [-0.39, 0.29) is 17.9 Å². The third kappa shape index (κ3) is 4.68. The zero-order valence-electron chi connectivity index (χ0n) is 17.8. The number of carbonyl (C=O) groups is 1. The lowest BCUT2D eigenvalue weighted by molar-refractivity contribution is -0.139. The first-order valence-corrected chi connectivity index (χ1v) is 13.4. The monoisotopic (exact) mass is 614 g/mol. The van der Waals surface area contributed by atoms with E-state index in [9.17, 15) is 14.7 Å². The van der Waals surface area contributed by atoms with Crippen molar-refractivity contribution in [1.82, 2.24) is 4.57 Å². The zero-order chi connectivity index (χ0) is 23.7. The maximum absolute atomic E-state index is 13.6. The molecule has 172 valence electrons. The molecule has 1 atom stereocenters. The molecule has 4 rings (SSSR count). The van der Waals surface area contributed by atoms with Crippen LogP contribution < -0.4 is 14.9 Å². The Morgan fingerprint density at radius 1 is 1.39 bits per heavy atom. The van der Waals surface area contributed by atoms with E-state index in [0.29, 0.717) is 41.2 Å². The molecular formula is C23H20ClIN2O4S2. The number of aromatic hydroxyl groups is 1. The van der Waals surface area contributed by atoms with Gasteiger partial charge in [-0.25, -0.2) is 9.79 Å². The van der Waals surface area contributed by atoms with E-state index in [1.54, 1.807) is 29.7 Å². The average Bonchev–Trinajstić information content (AvgIpc) is 3.40. The lowest BCUT2D eigenvalue weighted by Gasteiger charge is -2.24. The molecular weight excluding hydrogens is 595 g/mol. The second-order valence-electron chi connectivity index (χ2n) is 7.25. The molecule has 0 radical (unpaired) electrons. The van der Waals surface area contributed by atoms with Crippen LogP contribution in [0.1, 0.15) is 43.2 Å². The minimum Gasteiger partial charge on any atom is -0.506 e. The highest BCUT2D eigenvalue weighted by molar-refractivity contribution is 14.1. The number of allylic oxidation sites excluding steroid dienone is 1. The van der Waals surface area contributed by atoms with Crippen LogP contribution in [0.4, 0.5) is 0 Å². The van der Waals surface area contributed by atoms with Gasteiger partial charge in [-0.15, -0.1) is 11.3 Å². The first kappa shape index (κ1) is 24.2. The van der Waals surface area contributed by atoms with Gasteiger partial charge >= 0.3 is 5.97 Å². The van der Waals surface area contributed by atoms with Crippen LogP contribution in [0, 0.1) is 3.57 Å². The Labute approximate surface area is 216 Å². The quantitative estimate of drug-likeness (QED) is 0.325. The fourth-order valence-electron chi connectivity index (χ4n) is 3.67. The number of halogens is 2. The molecule has 2 aromatic heterocycles. The van der Waals surface area contributed by atoms with Gasteiger partial charge in [-0.2, -0.15) is 0 Å². The predicted molar refractivity (Wildman–Crippen MR) is 140 cm³/mol. The summed E-state index contributed by atoms with van der Waals surface area (Å²) >= 11 is 10.9. The summed E-state index contributed by atoms with van der Waals surface area (Å²) in [6.07, 6.45) is 3.00. The first-order valence-electron chi connectivity index (χ1n) is 10.3. The average molecular weight is 615 g/mol. The van der Waals surface area contributed by atoms with Crippen LogP contribution in [-0.2, 0) is 9.53 Å². The van der Waals surface area contributed by atoms with Gasteiger partial charge in [0.1, 0.15) is 11.8 Å². The van der Waals surface area contributed by atoms with E-state index in [1.807, 2.05) is 47.0 Å². The van der Waals surface area contributed by atoms with Crippen LogP contribution in [0.3, 0.4) is 0 Å². The second kappa shape index (κ2) is 10.1. The van der Waals surface area contributed by atoms with Crippen LogP contribution in [0.25, 0.3) is 6.08 Å². The maximum atomic E-state index is 13.6. The zero-order valence-corrected chi connectivity index (χ0v) is 22.3. The molecule has 0 amide bonds. The molecule has 0 spiro atoms. The lowest BCUT2D eigenvalue weighted by Crippen LogP contribution is -2.39. The molecule has 1 aromatic carbocycles. The SMILES string of the molecule is CCCC1=C(C(=O)OCC)[C@@H](c2cccs2)n2c(s/c(=C\c3cc(Cl)cc(I)c3O)c2=O)=N1. The largest absolute Gasteiger partial charge is 0.506 e. The predicted octanol–water partition coefficient (Wildman–Crippen LogP) is 4.60. The molecule has 1 N–H and O–H groups in total. The fraction of sp³-hybridized carbons (Fsp3) is 0.261. The number of thiazole rings is 1. The Morgan fingerprint density at radius 2 is 2.18 bits per heavy atom. The molecule has 0 saturated heterocycles. The number of benzene rings is 1. The van der Waals surface area contributed by atoms with E-state index in [2.05, 4.69) is 0 Å². The Bertz CT molecular complexity index is 1420. The third-order valence-corrected chi connectivity index (χ3v) is 8.00. The van der Waals surface area contributed by atoms with Crippen molar-refractivity contribution in [1.29, 1.82) is 0 Å². The first-order chi connectivity index (χ1) is 15.8. The molecule has 0 saturated carbocycles. The number of nitrogens with zero attached hydrogens (tertiary/aromatic N) is 2. The molecule has 3 aromatic rings. The topological polar surface area (TPSA) is 80.9 Å². The van der Waals surface area contributed by atoms with E-state index in [4.69, 9.17) is 21.3 Å². The van der Waals surface area contributed by atoms with Gasteiger partial charge in [0.25, 0.3) is 5.56 Å². The molecule has 0 fully saturated rings. The van der Waals surface area contributed by atoms with Crippen LogP contribution in [0.5, 0.6) is 5.75 Å². The summed E-state index contributed by atoms with van der Waals surface area (Å²) in [5, 5.41) is 12.8. The van der Waals surface area contributed by atoms with Gasteiger partial charge < -0.3 is 9.84 Å². The number of thiophene rings is 1. The Morgan fingerprint density at radius 3 is 2.85 bits per heavy atom. The Hall–Kier alpha value is -1.95. The van der Waals surface area contributed by atoms with Gasteiger partial charge in [-0.3, -0.25) is 9.36 Å². The van der Waals surface area contributed by atoms with Crippen molar-refractivity contribution in [3.05, 3.63) is 79.6 Å². The van der Waals surface area contributed by atoms with Gasteiger partial charge in [-0.05, 0) is 65.6 Å². The van der Waals surface area contributed by atoms with Crippen molar-refractivity contribution >= 4 is 68.9 Å². The van der Waals surface area contributed by atoms with Crippen molar-refractivity contribution in [2.45, 2.75) is 32.7 Å². The molecule has 0 aliphatic carbocycles. The molecule has 1 aliphatic heterocycles. The van der Waals surface area contributed by atoms with Crippen molar-refractivity contribution in [3.63, 3.8) is 0 Å². The maximum Gasteiger partial charge on any atom is 0.338 e. The third-order valence-electron chi connectivity index (χ3n) is 5.05. The van der Waals surface area contributed by atoms with Gasteiger partial charge in [-0.1, -0.05) is 42.3 Å². The highest BCUT2D eigenvalue weighted by Crippen LogP contribution is 2.35. The molecule has 3 heterocycles. The number of hydrogen-bond donors (Lipinski definition) is 1. The minimum absolute atomic E-state index is 0.0551. The van der Waals surface area contributed by atoms with Crippen molar-refractivity contribution in [2.75, 3.05) is 6.61 Å². The summed E-state index contributed by atoms with van der Waals surface area (Å²) < 4.78 is 7.90. The fourth-order valence-corrected chi connectivity index (χ4v) is 6.57. The number of carbonyl (C=O) groups excluding carboxylic acids is 1. The van der Waals surface area contributed by atoms with Gasteiger partial charge in [0.05, 0.1) is 26.0 Å². The summed E-state index contributed by atoms with van der Waals surface area (Å²) in [6, 6.07) is 6.45. The van der Waals surface area contributed by atoms with Crippen molar-refractivity contribution in [3.8, 4) is 5.75 Å². The number of phenolic OH excluding ortho intramolecular Hbond substituents is 1. The highest BCUT2D eigenvalue weighted by Gasteiger charge is 2.34. The van der Waals surface area contributed by atoms with Crippen molar-refractivity contribution in [2.24, 2.45) is 4.99 Å². The van der Waals surface area contributed by atoms with E-state index >= 15 is 0 Å². The van der Waals surface area contributed by atoms with Crippen LogP contribution >= 0.6 is 56.9 Å². The molecule has 1 aliphatic rings. The number of ether oxygens (including phenoxy) is 1. The highest BCUT2D eigenvalue weighted by atomic mass is 127. The van der Waals surface area contributed by atoms with Crippen LogP contribution in [0.15, 0.2) is 50.7 Å². The minimum atomic E-state index is -0.614. The molecule has 6 nitrogen and oxygen atoms in total. The molecule has 0 unspecified atom stereocenters. The second-order valence-corrected chi connectivity index (χ2v) is 10.8. The normalized spacial score (nSPS) is 16.0. The number of phenols is 1. The Balaban J connectivity index is 2.00. The summed E-state index contributed by atoms with van der Waals surface area (Å²) in [5.74, 6) is -0.404. The Kier molecular flexibility index (Phi) is 7.42. The summed E-state index contributed by atoms with van der Waals surface area (Å²) in [4.78, 5) is 32.7. The van der Waals surface area contributed by atoms with E-state index < -0.39 is 12.0 Å². The van der Waals surface area contributed by atoms with E-state index in [1.165, 1.54) is 22.7 Å². The number of hydrogen-bond acceptors (Lipinski definition) is 7. The number of esters is 1. The van der Waals surface area contributed by atoms with Crippen molar-refractivity contribution < 1.29 is 14.6 Å². The van der Waals surface area contributed by atoms with Gasteiger partial charge in [0, 0.05) is 15.5 Å². The summed E-state index contributed by atoms with van der Waals surface area (Å²) in [6.45, 7) is 4.01. The lowest BCUT2D eigenvalue weighted by atomic mass is 9.99. The standard InChI is InChI=1S/C23H20ClIN2O4S2/c1-3-6-15-18(22(30)31-4-2)19(16-7-5-8-32-16)27-21(29)17(33-23(27)26-15)10-12-9-13(24)11-14(25)20(12)28/h5,7-11,19,28H,3-4,6H2,1-2H3/b17-10-/t19-/m1/s1. The number of rotatable bonds is 6. The molecule has 10 heteroatoms. The van der Waals surface area contributed by atoms with E-state index in [0.717, 1.165) is 11.3 Å². The summed E-state index contributed by atoms with van der Waals surface area (Å²) in [7, 11) is 0. The number of aromatic nitrogens is 1. The molecule has 0 bridgehead atoms. The smallest absolute Gasteiger partial charge is 0.338 e. The van der Waals surface area contributed by atoms with Gasteiger partial charge in [0.15, 0.2) is 4.80 Å².